The van der Waals surface area contributed by atoms with Gasteiger partial charge in [0, 0.05) is 32.2 Å². The molecule has 126 valence electrons. The summed E-state index contributed by atoms with van der Waals surface area (Å²) in [5.41, 5.74) is 0.534. The highest BCUT2D eigenvalue weighted by molar-refractivity contribution is 6.27. The lowest BCUT2D eigenvalue weighted by molar-refractivity contribution is -0.134. The number of alkyl halides is 1. The molecule has 1 aliphatic carbocycles. The van der Waals surface area contributed by atoms with Gasteiger partial charge >= 0.3 is 0 Å². The Balaban J connectivity index is 1.53. The molecule has 2 fully saturated rings. The average Bonchev–Trinajstić information content (AvgIpc) is 3.40. The molecule has 1 aromatic rings. The Morgan fingerprint density at radius 3 is 2.48 bits per heavy atom. The molecule has 1 N–H and O–H groups in total. The van der Waals surface area contributed by atoms with Crippen LogP contribution in [0.1, 0.15) is 31.2 Å². The van der Waals surface area contributed by atoms with Crippen molar-refractivity contribution >= 4 is 17.5 Å². The van der Waals surface area contributed by atoms with Gasteiger partial charge in [-0.25, -0.2) is 0 Å². The third-order valence-corrected chi connectivity index (χ3v) is 5.15. The Labute approximate surface area is 143 Å². The highest BCUT2D eigenvalue weighted by atomic mass is 35.5. The van der Waals surface area contributed by atoms with Crippen LogP contribution >= 0.6 is 11.6 Å². The second-order valence-electron chi connectivity index (χ2n) is 6.87. The van der Waals surface area contributed by atoms with Gasteiger partial charge in [-0.1, -0.05) is 30.3 Å². The van der Waals surface area contributed by atoms with Gasteiger partial charge in [0.2, 0.25) is 5.91 Å². The first-order valence-corrected chi connectivity index (χ1v) is 8.97. The summed E-state index contributed by atoms with van der Waals surface area (Å²) in [6.07, 6.45) is 3.49. The van der Waals surface area contributed by atoms with Gasteiger partial charge in [-0.05, 0) is 31.2 Å². The van der Waals surface area contributed by atoms with Gasteiger partial charge in [0.05, 0.1) is 5.60 Å². The molecule has 0 bridgehead atoms. The molecule has 0 spiro atoms. The van der Waals surface area contributed by atoms with Crippen molar-refractivity contribution in [3.63, 3.8) is 0 Å². The second-order valence-corrected chi connectivity index (χ2v) is 7.14. The monoisotopic (exact) mass is 336 g/mol. The molecule has 23 heavy (non-hydrogen) atoms. The predicted octanol–water partition coefficient (Wildman–Crippen LogP) is 2.24. The van der Waals surface area contributed by atoms with E-state index in [0.717, 1.165) is 32.5 Å². The van der Waals surface area contributed by atoms with Gasteiger partial charge in [0.15, 0.2) is 0 Å². The van der Waals surface area contributed by atoms with Crippen molar-refractivity contribution < 1.29 is 9.90 Å². The van der Waals surface area contributed by atoms with Crippen LogP contribution in [0.2, 0.25) is 0 Å². The minimum Gasteiger partial charge on any atom is -0.388 e. The predicted molar refractivity (Wildman–Crippen MR) is 91.4 cm³/mol. The van der Waals surface area contributed by atoms with E-state index in [2.05, 4.69) is 29.2 Å². The highest BCUT2D eigenvalue weighted by Crippen LogP contribution is 2.32. The molecule has 0 radical (unpaired) electrons. The van der Waals surface area contributed by atoms with Crippen LogP contribution in [0.25, 0.3) is 0 Å². The van der Waals surface area contributed by atoms with E-state index in [9.17, 15) is 9.90 Å². The molecule has 3 rings (SSSR count). The largest absolute Gasteiger partial charge is 0.388 e. The quantitative estimate of drug-likeness (QED) is 0.810. The molecule has 5 heteroatoms. The van der Waals surface area contributed by atoms with Crippen molar-refractivity contribution in [2.24, 2.45) is 0 Å². The number of hydrogen-bond acceptors (Lipinski definition) is 3. The van der Waals surface area contributed by atoms with Crippen LogP contribution in [-0.4, -0.2) is 58.0 Å². The van der Waals surface area contributed by atoms with Crippen LogP contribution in [-0.2, 0) is 11.3 Å². The Morgan fingerprint density at radius 2 is 1.91 bits per heavy atom. The third-order valence-electron chi connectivity index (χ3n) is 4.92. The number of carbonyl (C=O) groups is 1. The zero-order valence-electron chi connectivity index (χ0n) is 13.5. The minimum atomic E-state index is -0.766. The molecule has 2 aliphatic rings. The van der Waals surface area contributed by atoms with Gasteiger partial charge in [0.25, 0.3) is 0 Å². The fourth-order valence-corrected chi connectivity index (χ4v) is 3.48. The Hall–Kier alpha value is -1.10. The summed E-state index contributed by atoms with van der Waals surface area (Å²) in [5, 5.41) is 10.9. The van der Waals surface area contributed by atoms with Crippen molar-refractivity contribution in [3.8, 4) is 0 Å². The van der Waals surface area contributed by atoms with Crippen molar-refractivity contribution in [1.82, 2.24) is 9.80 Å². The van der Waals surface area contributed by atoms with Gasteiger partial charge in [0.1, 0.15) is 5.88 Å². The topological polar surface area (TPSA) is 43.8 Å². The van der Waals surface area contributed by atoms with E-state index in [-0.39, 0.29) is 11.8 Å². The normalized spacial score (nSPS) is 21.1. The average molecular weight is 337 g/mol. The zero-order valence-corrected chi connectivity index (χ0v) is 14.2. The Morgan fingerprint density at radius 1 is 1.26 bits per heavy atom. The number of carbonyl (C=O) groups excluding carboxylic acids is 1. The summed E-state index contributed by atoms with van der Waals surface area (Å²) in [5.74, 6) is -0.0403. The molecule has 0 atom stereocenters. The number of halogens is 1. The SMILES string of the molecule is O=C(CCl)N(CC1(O)CCN(Cc2ccccc2)CC1)C1CC1. The molecule has 1 saturated heterocycles. The molecule has 1 aromatic carbocycles. The van der Waals surface area contributed by atoms with E-state index < -0.39 is 5.60 Å². The second kappa shape index (κ2) is 7.20. The first-order valence-electron chi connectivity index (χ1n) is 8.44. The van der Waals surface area contributed by atoms with Crippen molar-refractivity contribution in [1.29, 1.82) is 0 Å². The number of rotatable bonds is 6. The van der Waals surface area contributed by atoms with E-state index in [1.54, 1.807) is 4.90 Å². The summed E-state index contributed by atoms with van der Waals surface area (Å²) in [7, 11) is 0. The number of amides is 1. The first kappa shape index (κ1) is 16.7. The lowest BCUT2D eigenvalue weighted by Crippen LogP contribution is -2.52. The van der Waals surface area contributed by atoms with Gasteiger partial charge < -0.3 is 10.0 Å². The molecular formula is C18H25ClN2O2. The van der Waals surface area contributed by atoms with E-state index in [1.807, 2.05) is 6.07 Å². The standard InChI is InChI=1S/C18H25ClN2O2/c19-12-17(22)21(16-6-7-16)14-18(23)8-10-20(11-9-18)13-15-4-2-1-3-5-15/h1-5,16,23H,6-14H2. The number of aliphatic hydroxyl groups is 1. The van der Waals surface area contributed by atoms with Crippen LogP contribution in [0.4, 0.5) is 0 Å². The molecule has 1 aliphatic heterocycles. The van der Waals surface area contributed by atoms with E-state index in [4.69, 9.17) is 11.6 Å². The fourth-order valence-electron chi connectivity index (χ4n) is 3.33. The zero-order chi connectivity index (χ0) is 16.3. The van der Waals surface area contributed by atoms with Gasteiger partial charge in [-0.15, -0.1) is 11.6 Å². The van der Waals surface area contributed by atoms with Crippen molar-refractivity contribution in [2.75, 3.05) is 25.5 Å². The maximum atomic E-state index is 12.0. The van der Waals surface area contributed by atoms with Crippen LogP contribution in [0, 0.1) is 0 Å². The summed E-state index contributed by atoms with van der Waals surface area (Å²) in [6.45, 7) is 3.07. The Kier molecular flexibility index (Phi) is 5.24. The molecule has 0 aromatic heterocycles. The van der Waals surface area contributed by atoms with Crippen LogP contribution < -0.4 is 0 Å². The van der Waals surface area contributed by atoms with Crippen molar-refractivity contribution in [2.45, 2.75) is 43.9 Å². The number of benzene rings is 1. The van der Waals surface area contributed by atoms with E-state index in [1.165, 1.54) is 5.56 Å². The molecule has 4 nitrogen and oxygen atoms in total. The van der Waals surface area contributed by atoms with E-state index in [0.29, 0.717) is 25.4 Å². The maximum Gasteiger partial charge on any atom is 0.237 e. The number of likely N-dealkylation sites (tertiary alicyclic amines) is 1. The summed E-state index contributed by atoms with van der Waals surface area (Å²) < 4.78 is 0. The maximum absolute atomic E-state index is 12.0. The van der Waals surface area contributed by atoms with Gasteiger partial charge in [-0.2, -0.15) is 0 Å². The molecule has 0 unspecified atom stereocenters. The smallest absolute Gasteiger partial charge is 0.237 e. The highest BCUT2D eigenvalue weighted by Gasteiger charge is 2.40. The van der Waals surface area contributed by atoms with Crippen LogP contribution in [0.15, 0.2) is 30.3 Å². The van der Waals surface area contributed by atoms with Crippen LogP contribution in [0.3, 0.4) is 0 Å². The summed E-state index contributed by atoms with van der Waals surface area (Å²) >= 11 is 5.71. The number of piperidine rings is 1. The summed E-state index contributed by atoms with van der Waals surface area (Å²) in [6, 6.07) is 10.7. The molecule has 1 saturated carbocycles. The summed E-state index contributed by atoms with van der Waals surface area (Å²) in [4.78, 5) is 16.2. The van der Waals surface area contributed by atoms with Gasteiger partial charge in [-0.3, -0.25) is 9.69 Å². The minimum absolute atomic E-state index is 0.00666. The molecule has 1 heterocycles. The molecular weight excluding hydrogens is 312 g/mol. The fraction of sp³-hybridized carbons (Fsp3) is 0.611. The molecule has 1 amide bonds. The first-order chi connectivity index (χ1) is 11.1. The van der Waals surface area contributed by atoms with Crippen molar-refractivity contribution in [3.05, 3.63) is 35.9 Å². The van der Waals surface area contributed by atoms with Crippen LogP contribution in [0.5, 0.6) is 0 Å². The third kappa shape index (κ3) is 4.46. The Bertz CT molecular complexity index is 525. The van der Waals surface area contributed by atoms with E-state index >= 15 is 0 Å². The number of nitrogens with zero attached hydrogens (tertiary/aromatic N) is 2. The number of hydrogen-bond donors (Lipinski definition) is 1. The lowest BCUT2D eigenvalue weighted by Gasteiger charge is -2.41. The lowest BCUT2D eigenvalue weighted by atomic mass is 9.90.